The van der Waals surface area contributed by atoms with Gasteiger partial charge in [-0.2, -0.15) is 0 Å². The number of hydrogen-bond donors (Lipinski definition) is 0. The second kappa shape index (κ2) is 9.56. The summed E-state index contributed by atoms with van der Waals surface area (Å²) in [6, 6.07) is 3.60. The van der Waals surface area contributed by atoms with Crippen LogP contribution in [0.2, 0.25) is 0 Å². The van der Waals surface area contributed by atoms with Crippen LogP contribution >= 0.6 is 46.6 Å². The molecule has 0 saturated carbocycles. The predicted octanol–water partition coefficient (Wildman–Crippen LogP) is 3.46. The standard InChI is InChI=1S/C17H18INO5S2/c1-4-5-19-16(21)13(26-17(19)25)8-10-6-11(18)15(12(7-10)22-2)24-9-14(20)23-3/h6-8H,4-5,9H2,1-3H3/b13-8+. The van der Waals surface area contributed by atoms with Gasteiger partial charge in [-0.05, 0) is 52.8 Å². The molecule has 9 heteroatoms. The van der Waals surface area contributed by atoms with Crippen molar-refractivity contribution < 1.29 is 23.8 Å². The monoisotopic (exact) mass is 507 g/mol. The summed E-state index contributed by atoms with van der Waals surface area (Å²) in [6.07, 6.45) is 2.63. The summed E-state index contributed by atoms with van der Waals surface area (Å²) in [5.74, 6) is 0.360. The molecule has 0 N–H and O–H groups in total. The number of benzene rings is 1. The molecule has 1 aliphatic heterocycles. The Bertz CT molecular complexity index is 766. The fourth-order valence-corrected chi connectivity index (χ4v) is 4.31. The molecule has 0 bridgehead atoms. The lowest BCUT2D eigenvalue weighted by molar-refractivity contribution is -0.143. The van der Waals surface area contributed by atoms with Crippen molar-refractivity contribution in [3.8, 4) is 11.5 Å². The zero-order chi connectivity index (χ0) is 19.3. The van der Waals surface area contributed by atoms with Crippen molar-refractivity contribution in [1.82, 2.24) is 4.90 Å². The van der Waals surface area contributed by atoms with Gasteiger partial charge >= 0.3 is 5.97 Å². The molecule has 1 amide bonds. The van der Waals surface area contributed by atoms with Crippen molar-refractivity contribution in [2.24, 2.45) is 0 Å². The maximum atomic E-state index is 12.5. The van der Waals surface area contributed by atoms with Crippen LogP contribution in [0.25, 0.3) is 6.08 Å². The van der Waals surface area contributed by atoms with Crippen LogP contribution in [0.3, 0.4) is 0 Å². The van der Waals surface area contributed by atoms with Gasteiger partial charge in [-0.3, -0.25) is 9.69 Å². The third-order valence-electron chi connectivity index (χ3n) is 3.43. The van der Waals surface area contributed by atoms with E-state index in [1.165, 1.54) is 26.0 Å². The molecule has 1 heterocycles. The van der Waals surface area contributed by atoms with Gasteiger partial charge in [0.05, 0.1) is 22.7 Å². The van der Waals surface area contributed by atoms with E-state index in [-0.39, 0.29) is 12.5 Å². The molecular formula is C17H18INO5S2. The number of esters is 1. The summed E-state index contributed by atoms with van der Waals surface area (Å²) in [4.78, 5) is 25.9. The normalized spacial score (nSPS) is 15.5. The highest BCUT2D eigenvalue weighted by molar-refractivity contribution is 14.1. The van der Waals surface area contributed by atoms with Crippen molar-refractivity contribution in [2.45, 2.75) is 13.3 Å². The number of hydrogen-bond acceptors (Lipinski definition) is 7. The van der Waals surface area contributed by atoms with E-state index < -0.39 is 5.97 Å². The van der Waals surface area contributed by atoms with Gasteiger partial charge < -0.3 is 14.2 Å². The van der Waals surface area contributed by atoms with Crippen LogP contribution in [0.4, 0.5) is 0 Å². The quantitative estimate of drug-likeness (QED) is 0.243. The van der Waals surface area contributed by atoms with Crippen molar-refractivity contribution >= 4 is 68.8 Å². The van der Waals surface area contributed by atoms with Crippen molar-refractivity contribution in [2.75, 3.05) is 27.4 Å². The lowest BCUT2D eigenvalue weighted by atomic mass is 10.2. The fraction of sp³-hybridized carbons (Fsp3) is 0.353. The van der Waals surface area contributed by atoms with Crippen LogP contribution < -0.4 is 9.47 Å². The van der Waals surface area contributed by atoms with E-state index in [9.17, 15) is 9.59 Å². The lowest BCUT2D eigenvalue weighted by Gasteiger charge is -2.13. The van der Waals surface area contributed by atoms with E-state index in [2.05, 4.69) is 27.3 Å². The Labute approximate surface area is 175 Å². The molecule has 2 rings (SSSR count). The average Bonchev–Trinajstić information content (AvgIpc) is 2.87. The number of rotatable bonds is 7. The van der Waals surface area contributed by atoms with Crippen LogP contribution in [-0.2, 0) is 14.3 Å². The number of amides is 1. The molecule has 0 aromatic heterocycles. The summed E-state index contributed by atoms with van der Waals surface area (Å²) in [5.41, 5.74) is 0.786. The van der Waals surface area contributed by atoms with E-state index in [1.807, 2.05) is 13.0 Å². The molecule has 0 spiro atoms. The molecular weight excluding hydrogens is 489 g/mol. The summed E-state index contributed by atoms with van der Waals surface area (Å²) < 4.78 is 16.8. The Morgan fingerprint density at radius 3 is 2.73 bits per heavy atom. The molecule has 0 aliphatic carbocycles. The van der Waals surface area contributed by atoms with Crippen molar-refractivity contribution in [3.63, 3.8) is 0 Å². The molecule has 6 nitrogen and oxygen atoms in total. The number of carbonyl (C=O) groups excluding carboxylic acids is 2. The van der Waals surface area contributed by atoms with Crippen LogP contribution in [0.15, 0.2) is 17.0 Å². The molecule has 1 aromatic carbocycles. The largest absolute Gasteiger partial charge is 0.493 e. The van der Waals surface area contributed by atoms with Gasteiger partial charge in [-0.15, -0.1) is 0 Å². The topological polar surface area (TPSA) is 65.1 Å². The van der Waals surface area contributed by atoms with Crippen LogP contribution in [0.5, 0.6) is 11.5 Å². The number of methoxy groups -OCH3 is 2. The Kier molecular flexibility index (Phi) is 7.71. The molecule has 1 aromatic rings. The number of nitrogens with zero attached hydrogens (tertiary/aromatic N) is 1. The van der Waals surface area contributed by atoms with Crippen molar-refractivity contribution in [1.29, 1.82) is 0 Å². The number of ether oxygens (including phenoxy) is 3. The number of thiocarbonyl (C=S) groups is 1. The maximum absolute atomic E-state index is 12.5. The molecule has 1 fully saturated rings. The molecule has 26 heavy (non-hydrogen) atoms. The molecule has 0 radical (unpaired) electrons. The van der Waals surface area contributed by atoms with Gasteiger partial charge in [0.2, 0.25) is 0 Å². The number of thioether (sulfide) groups is 1. The second-order valence-electron chi connectivity index (χ2n) is 5.23. The molecule has 0 unspecified atom stereocenters. The maximum Gasteiger partial charge on any atom is 0.343 e. The van der Waals surface area contributed by atoms with Gasteiger partial charge in [0.25, 0.3) is 5.91 Å². The van der Waals surface area contributed by atoms with Gasteiger partial charge in [0.15, 0.2) is 18.1 Å². The third-order valence-corrected chi connectivity index (χ3v) is 5.61. The molecule has 1 saturated heterocycles. The smallest absolute Gasteiger partial charge is 0.343 e. The Morgan fingerprint density at radius 1 is 1.38 bits per heavy atom. The highest BCUT2D eigenvalue weighted by Gasteiger charge is 2.31. The third kappa shape index (κ3) is 4.89. The van der Waals surface area contributed by atoms with E-state index in [0.717, 1.165) is 15.6 Å². The van der Waals surface area contributed by atoms with Crippen molar-refractivity contribution in [3.05, 3.63) is 26.2 Å². The van der Waals surface area contributed by atoms with Crippen LogP contribution in [0, 0.1) is 3.57 Å². The second-order valence-corrected chi connectivity index (χ2v) is 8.07. The minimum Gasteiger partial charge on any atom is -0.493 e. The summed E-state index contributed by atoms with van der Waals surface area (Å²) in [7, 11) is 2.81. The summed E-state index contributed by atoms with van der Waals surface area (Å²) >= 11 is 8.66. The van der Waals surface area contributed by atoms with E-state index >= 15 is 0 Å². The van der Waals surface area contributed by atoms with Gasteiger partial charge in [0, 0.05) is 6.54 Å². The Balaban J connectivity index is 2.28. The lowest BCUT2D eigenvalue weighted by Crippen LogP contribution is -2.28. The van der Waals surface area contributed by atoms with E-state index in [1.54, 1.807) is 17.0 Å². The minimum atomic E-state index is -0.480. The van der Waals surface area contributed by atoms with Gasteiger partial charge in [-0.1, -0.05) is 30.9 Å². The fourth-order valence-electron chi connectivity index (χ4n) is 2.22. The molecule has 1 aliphatic rings. The van der Waals surface area contributed by atoms with E-state index in [0.29, 0.717) is 27.3 Å². The van der Waals surface area contributed by atoms with E-state index in [4.69, 9.17) is 21.7 Å². The molecule has 140 valence electrons. The van der Waals surface area contributed by atoms with Gasteiger partial charge in [-0.25, -0.2) is 4.79 Å². The van der Waals surface area contributed by atoms with Crippen LogP contribution in [-0.4, -0.2) is 48.5 Å². The zero-order valence-corrected chi connectivity index (χ0v) is 18.3. The number of halogens is 1. The Hall–Kier alpha value is -1.33. The summed E-state index contributed by atoms with van der Waals surface area (Å²) in [6.45, 7) is 2.41. The SMILES string of the molecule is CCCN1C(=O)/C(=C\c2cc(I)c(OCC(=O)OC)c(OC)c2)SC1=S. The first kappa shape index (κ1) is 21.0. The number of carbonyl (C=O) groups is 2. The Morgan fingerprint density at radius 2 is 2.12 bits per heavy atom. The summed E-state index contributed by atoms with van der Waals surface area (Å²) in [5, 5.41) is 0. The predicted molar refractivity (Wildman–Crippen MR) is 113 cm³/mol. The highest BCUT2D eigenvalue weighted by Crippen LogP contribution is 2.37. The minimum absolute atomic E-state index is 0.0816. The highest BCUT2D eigenvalue weighted by atomic mass is 127. The van der Waals surface area contributed by atoms with Crippen LogP contribution in [0.1, 0.15) is 18.9 Å². The zero-order valence-electron chi connectivity index (χ0n) is 14.5. The first-order valence-corrected chi connectivity index (χ1v) is 10.0. The first-order chi connectivity index (χ1) is 12.4. The van der Waals surface area contributed by atoms with Gasteiger partial charge in [0.1, 0.15) is 4.32 Å². The molecule has 0 atom stereocenters. The average molecular weight is 507 g/mol. The first-order valence-electron chi connectivity index (χ1n) is 7.73.